The fourth-order valence-corrected chi connectivity index (χ4v) is 4.15. The summed E-state index contributed by atoms with van der Waals surface area (Å²) in [6, 6.07) is 15.8. The van der Waals surface area contributed by atoms with Crippen molar-refractivity contribution in [3.8, 4) is 16.8 Å². The van der Waals surface area contributed by atoms with Crippen molar-refractivity contribution in [2.45, 2.75) is 52.5 Å². The first-order chi connectivity index (χ1) is 14.9. The smallest absolute Gasteiger partial charge is 0.251 e. The molecule has 2 aromatic carbocycles. The molecule has 1 heterocycles. The third kappa shape index (κ3) is 4.53. The topological polar surface area (TPSA) is 76.0 Å². The number of aryl methyl sites for hydroxylation is 2. The number of nitrogens with one attached hydrogen (secondary N) is 2. The number of amides is 2. The van der Waals surface area contributed by atoms with Crippen molar-refractivity contribution in [3.05, 3.63) is 65.4 Å². The number of hydrogen-bond acceptors (Lipinski definition) is 3. The zero-order valence-corrected chi connectivity index (χ0v) is 18.2. The second-order valence-corrected chi connectivity index (χ2v) is 8.27. The Morgan fingerprint density at radius 3 is 2.23 bits per heavy atom. The Hall–Kier alpha value is -3.41. The van der Waals surface area contributed by atoms with Gasteiger partial charge in [0.2, 0.25) is 5.91 Å². The lowest BCUT2D eigenvalue weighted by Crippen LogP contribution is -2.32. The molecule has 0 bridgehead atoms. The Morgan fingerprint density at radius 2 is 1.61 bits per heavy atom. The van der Waals surface area contributed by atoms with Gasteiger partial charge in [-0.2, -0.15) is 5.10 Å². The van der Waals surface area contributed by atoms with Crippen LogP contribution < -0.4 is 10.6 Å². The molecule has 160 valence electrons. The average molecular weight is 417 g/mol. The molecule has 1 saturated carbocycles. The highest BCUT2D eigenvalue weighted by Gasteiger charge is 2.20. The number of nitrogens with zero attached hydrogens (tertiary/aromatic N) is 2. The van der Waals surface area contributed by atoms with Crippen molar-refractivity contribution in [1.82, 2.24) is 15.1 Å². The molecule has 1 aromatic heterocycles. The number of rotatable bonds is 5. The second-order valence-electron chi connectivity index (χ2n) is 8.27. The molecule has 0 radical (unpaired) electrons. The van der Waals surface area contributed by atoms with Gasteiger partial charge in [-0.15, -0.1) is 0 Å². The molecule has 0 aliphatic heterocycles. The molecule has 0 atom stereocenters. The molecule has 4 rings (SSSR count). The molecule has 6 heteroatoms. The van der Waals surface area contributed by atoms with Gasteiger partial charge < -0.3 is 10.6 Å². The minimum Gasteiger partial charge on any atom is -0.349 e. The third-order valence-corrected chi connectivity index (χ3v) is 5.76. The predicted molar refractivity (Wildman–Crippen MR) is 122 cm³/mol. The number of hydrogen-bond donors (Lipinski definition) is 2. The fourth-order valence-electron chi connectivity index (χ4n) is 4.15. The van der Waals surface area contributed by atoms with E-state index >= 15 is 0 Å². The summed E-state index contributed by atoms with van der Waals surface area (Å²) >= 11 is 0. The molecular formula is C25H28N4O2. The van der Waals surface area contributed by atoms with Gasteiger partial charge in [0.05, 0.1) is 11.4 Å². The highest BCUT2D eigenvalue weighted by Crippen LogP contribution is 2.33. The molecule has 1 aliphatic rings. The van der Waals surface area contributed by atoms with Crippen LogP contribution in [0.25, 0.3) is 16.8 Å². The third-order valence-electron chi connectivity index (χ3n) is 5.76. The lowest BCUT2D eigenvalue weighted by molar-refractivity contribution is -0.114. The van der Waals surface area contributed by atoms with Crippen molar-refractivity contribution in [1.29, 1.82) is 0 Å². The van der Waals surface area contributed by atoms with E-state index in [1.165, 1.54) is 25.3 Å². The molecule has 0 unspecified atom stereocenters. The van der Waals surface area contributed by atoms with E-state index in [4.69, 9.17) is 5.10 Å². The van der Waals surface area contributed by atoms with Crippen LogP contribution in [0, 0.1) is 13.8 Å². The number of benzene rings is 2. The normalized spacial score (nSPS) is 13.9. The maximum absolute atomic E-state index is 12.5. The van der Waals surface area contributed by atoms with Crippen LogP contribution in [0.3, 0.4) is 0 Å². The highest BCUT2D eigenvalue weighted by molar-refractivity contribution is 5.95. The first-order valence-electron chi connectivity index (χ1n) is 10.8. The van der Waals surface area contributed by atoms with Crippen LogP contribution in [0.5, 0.6) is 0 Å². The number of aromatic nitrogens is 2. The van der Waals surface area contributed by atoms with E-state index in [9.17, 15) is 9.59 Å². The monoisotopic (exact) mass is 416 g/mol. The van der Waals surface area contributed by atoms with Crippen molar-refractivity contribution in [3.63, 3.8) is 0 Å². The van der Waals surface area contributed by atoms with Crippen LogP contribution in [-0.4, -0.2) is 27.6 Å². The van der Waals surface area contributed by atoms with Crippen molar-refractivity contribution in [2.24, 2.45) is 0 Å². The Morgan fingerprint density at radius 1 is 0.968 bits per heavy atom. The van der Waals surface area contributed by atoms with Crippen LogP contribution in [0.1, 0.15) is 54.2 Å². The van der Waals surface area contributed by atoms with E-state index in [1.807, 2.05) is 50.2 Å². The van der Waals surface area contributed by atoms with Gasteiger partial charge in [0, 0.05) is 24.1 Å². The summed E-state index contributed by atoms with van der Waals surface area (Å²) < 4.78 is 1.73. The maximum Gasteiger partial charge on any atom is 0.251 e. The van der Waals surface area contributed by atoms with Crippen LogP contribution in [0.15, 0.2) is 48.5 Å². The van der Waals surface area contributed by atoms with Crippen molar-refractivity contribution < 1.29 is 9.59 Å². The summed E-state index contributed by atoms with van der Waals surface area (Å²) in [5, 5.41) is 10.7. The van der Waals surface area contributed by atoms with Gasteiger partial charge in [-0.1, -0.05) is 42.7 Å². The molecule has 1 aliphatic carbocycles. The Kier molecular flexibility index (Phi) is 5.89. The fraction of sp³-hybridized carbons (Fsp3) is 0.320. The van der Waals surface area contributed by atoms with Gasteiger partial charge in [0.15, 0.2) is 0 Å². The Balaban J connectivity index is 1.67. The van der Waals surface area contributed by atoms with E-state index in [2.05, 4.69) is 10.6 Å². The first kappa shape index (κ1) is 20.8. The largest absolute Gasteiger partial charge is 0.349 e. The Bertz CT molecular complexity index is 1090. The maximum atomic E-state index is 12.5. The molecule has 1 fully saturated rings. The lowest BCUT2D eigenvalue weighted by Gasteiger charge is -2.13. The summed E-state index contributed by atoms with van der Waals surface area (Å²) in [6.45, 7) is 5.46. The minimum atomic E-state index is -0.165. The van der Waals surface area contributed by atoms with Crippen LogP contribution >= 0.6 is 0 Å². The number of carbonyl (C=O) groups excluding carboxylic acids is 2. The van der Waals surface area contributed by atoms with E-state index in [0.29, 0.717) is 11.4 Å². The van der Waals surface area contributed by atoms with E-state index in [0.717, 1.165) is 35.3 Å². The summed E-state index contributed by atoms with van der Waals surface area (Å²) in [5.41, 5.74) is 5.27. The van der Waals surface area contributed by atoms with E-state index in [1.54, 1.807) is 16.8 Å². The molecule has 3 aromatic rings. The van der Waals surface area contributed by atoms with Crippen molar-refractivity contribution >= 4 is 17.6 Å². The molecule has 2 N–H and O–H groups in total. The van der Waals surface area contributed by atoms with Crippen LogP contribution in [-0.2, 0) is 4.79 Å². The summed E-state index contributed by atoms with van der Waals surface area (Å²) in [5.74, 6) is 0.414. The SMILES string of the molecule is CC(=O)Nc1c(-c2ccc(C)cc2)c(C)nn1-c1ccc(C(=O)NC2CCCC2)cc1. The lowest BCUT2D eigenvalue weighted by atomic mass is 10.0. The van der Waals surface area contributed by atoms with Gasteiger partial charge in [-0.25, -0.2) is 4.68 Å². The summed E-state index contributed by atoms with van der Waals surface area (Å²) in [6.07, 6.45) is 4.46. The zero-order valence-electron chi connectivity index (χ0n) is 18.2. The van der Waals surface area contributed by atoms with Crippen molar-refractivity contribution in [2.75, 3.05) is 5.32 Å². The molecule has 0 saturated heterocycles. The van der Waals surface area contributed by atoms with Crippen LogP contribution in [0.2, 0.25) is 0 Å². The minimum absolute atomic E-state index is 0.0440. The van der Waals surface area contributed by atoms with Gasteiger partial charge in [-0.3, -0.25) is 9.59 Å². The second kappa shape index (κ2) is 8.76. The number of carbonyl (C=O) groups is 2. The summed E-state index contributed by atoms with van der Waals surface area (Å²) in [4.78, 5) is 24.5. The molecule has 6 nitrogen and oxygen atoms in total. The van der Waals surface area contributed by atoms with Gasteiger partial charge in [-0.05, 0) is 56.5 Å². The quantitative estimate of drug-likeness (QED) is 0.628. The van der Waals surface area contributed by atoms with Gasteiger partial charge in [0.25, 0.3) is 5.91 Å². The first-order valence-corrected chi connectivity index (χ1v) is 10.8. The van der Waals surface area contributed by atoms with E-state index < -0.39 is 0 Å². The predicted octanol–water partition coefficient (Wildman–Crippen LogP) is 4.79. The highest BCUT2D eigenvalue weighted by atomic mass is 16.2. The van der Waals surface area contributed by atoms with E-state index in [-0.39, 0.29) is 17.9 Å². The zero-order chi connectivity index (χ0) is 22.0. The molecule has 31 heavy (non-hydrogen) atoms. The number of anilines is 1. The molecular weight excluding hydrogens is 388 g/mol. The standard InChI is InChI=1S/C25H28N4O2/c1-16-8-10-19(11-9-16)23-17(2)28-29(24(23)26-18(3)30)22-14-12-20(13-15-22)25(31)27-21-6-4-5-7-21/h8-15,21H,4-7H2,1-3H3,(H,26,30)(H,27,31). The van der Waals surface area contributed by atoms with Gasteiger partial charge >= 0.3 is 0 Å². The molecule has 0 spiro atoms. The van der Waals surface area contributed by atoms with Gasteiger partial charge in [0.1, 0.15) is 5.82 Å². The summed E-state index contributed by atoms with van der Waals surface area (Å²) in [7, 11) is 0. The Labute approximate surface area is 182 Å². The molecule has 2 amide bonds. The van der Waals surface area contributed by atoms with Crippen LogP contribution in [0.4, 0.5) is 5.82 Å². The average Bonchev–Trinajstić information content (AvgIpc) is 3.36.